The summed E-state index contributed by atoms with van der Waals surface area (Å²) in [7, 11) is -2.29. The lowest BCUT2D eigenvalue weighted by Crippen LogP contribution is -2.29. The average Bonchev–Trinajstić information content (AvgIpc) is 2.77. The Bertz CT molecular complexity index is 1170. The van der Waals surface area contributed by atoms with E-state index >= 15 is 0 Å². The molecule has 0 aliphatic rings. The Morgan fingerprint density at radius 2 is 1.61 bits per heavy atom. The van der Waals surface area contributed by atoms with Crippen LogP contribution in [0.2, 0.25) is 0 Å². The van der Waals surface area contributed by atoms with Crippen LogP contribution in [0.4, 0.5) is 5.69 Å². The number of carbonyl (C=O) groups is 1. The number of aryl methyl sites for hydroxylation is 2. The molecule has 5 nitrogen and oxygen atoms in total. The van der Waals surface area contributed by atoms with Crippen molar-refractivity contribution in [2.45, 2.75) is 38.1 Å². The third kappa shape index (κ3) is 5.14. The first-order valence-electron chi connectivity index (χ1n) is 10.3. The minimum Gasteiger partial charge on any atom is -0.345 e. The molecule has 0 saturated heterocycles. The van der Waals surface area contributed by atoms with Crippen molar-refractivity contribution >= 4 is 21.6 Å². The third-order valence-corrected chi connectivity index (χ3v) is 7.09. The lowest BCUT2D eigenvalue weighted by molar-refractivity contribution is 0.0935. The van der Waals surface area contributed by atoms with Gasteiger partial charge in [-0.15, -0.1) is 0 Å². The van der Waals surface area contributed by atoms with Gasteiger partial charge >= 0.3 is 0 Å². The number of benzene rings is 3. The number of nitrogens with zero attached hydrogens (tertiary/aromatic N) is 1. The Kier molecular flexibility index (Phi) is 6.81. The Hall–Kier alpha value is -3.12. The van der Waals surface area contributed by atoms with Crippen molar-refractivity contribution in [1.82, 2.24) is 5.32 Å². The van der Waals surface area contributed by atoms with Gasteiger partial charge in [0.2, 0.25) is 0 Å². The van der Waals surface area contributed by atoms with Gasteiger partial charge in [-0.05, 0) is 61.7 Å². The summed E-state index contributed by atoms with van der Waals surface area (Å²) in [6.07, 6.45) is 0.725. The topological polar surface area (TPSA) is 66.5 Å². The number of hydrogen-bond acceptors (Lipinski definition) is 3. The highest BCUT2D eigenvalue weighted by molar-refractivity contribution is 7.92. The molecule has 3 aromatic carbocycles. The van der Waals surface area contributed by atoms with Gasteiger partial charge in [-0.2, -0.15) is 0 Å². The summed E-state index contributed by atoms with van der Waals surface area (Å²) in [6, 6.07) is 21.3. The second-order valence-electron chi connectivity index (χ2n) is 7.68. The third-order valence-electron chi connectivity index (χ3n) is 5.31. The van der Waals surface area contributed by atoms with Crippen LogP contribution in [-0.4, -0.2) is 21.4 Å². The van der Waals surface area contributed by atoms with E-state index < -0.39 is 10.0 Å². The molecular formula is C25H28N2O3S. The molecule has 1 N–H and O–H groups in total. The summed E-state index contributed by atoms with van der Waals surface area (Å²) in [5.41, 5.74) is 4.02. The Morgan fingerprint density at radius 1 is 0.935 bits per heavy atom. The largest absolute Gasteiger partial charge is 0.345 e. The van der Waals surface area contributed by atoms with E-state index in [1.165, 1.54) is 23.5 Å². The summed E-state index contributed by atoms with van der Waals surface area (Å²) in [5.74, 6) is -0.303. The van der Waals surface area contributed by atoms with Crippen molar-refractivity contribution < 1.29 is 13.2 Å². The highest BCUT2D eigenvalue weighted by Gasteiger charge is 2.23. The quantitative estimate of drug-likeness (QED) is 0.566. The second-order valence-corrected chi connectivity index (χ2v) is 9.65. The van der Waals surface area contributed by atoms with Crippen LogP contribution in [-0.2, 0) is 10.0 Å². The van der Waals surface area contributed by atoms with Crippen LogP contribution in [0.25, 0.3) is 0 Å². The Morgan fingerprint density at radius 3 is 2.26 bits per heavy atom. The fraction of sp³-hybridized carbons (Fsp3) is 0.240. The van der Waals surface area contributed by atoms with Gasteiger partial charge < -0.3 is 5.32 Å². The molecule has 0 radical (unpaired) electrons. The van der Waals surface area contributed by atoms with Gasteiger partial charge in [-0.1, -0.05) is 55.0 Å². The second kappa shape index (κ2) is 9.35. The normalized spacial score (nSPS) is 12.3. The first-order chi connectivity index (χ1) is 14.7. The predicted octanol–water partition coefficient (Wildman–Crippen LogP) is 5.01. The van der Waals surface area contributed by atoms with E-state index in [9.17, 15) is 13.2 Å². The van der Waals surface area contributed by atoms with Gasteiger partial charge in [-0.25, -0.2) is 8.42 Å². The molecule has 31 heavy (non-hydrogen) atoms. The van der Waals surface area contributed by atoms with Crippen molar-refractivity contribution in [3.05, 3.63) is 95.1 Å². The van der Waals surface area contributed by atoms with Crippen LogP contribution in [0.5, 0.6) is 0 Å². The van der Waals surface area contributed by atoms with Gasteiger partial charge in [0.15, 0.2) is 0 Å². The number of carbonyl (C=O) groups excluding carboxylic acids is 1. The molecule has 0 spiro atoms. The number of nitrogens with one attached hydrogen (secondary N) is 1. The first-order valence-corrected chi connectivity index (χ1v) is 11.7. The molecule has 6 heteroatoms. The minimum atomic E-state index is -3.80. The van der Waals surface area contributed by atoms with Crippen LogP contribution in [0.1, 0.15) is 46.4 Å². The standard InChI is InChI=1S/C25H28N2O3S/c1-5-24(20-14-12-18(2)13-15-20)26-25(28)21-9-7-11-23(17-21)31(29,30)27(4)22-10-6-8-19(3)16-22/h6-17,24H,5H2,1-4H3,(H,26,28)/t24-/m1/s1. The summed E-state index contributed by atoms with van der Waals surface area (Å²) in [6.45, 7) is 5.93. The molecule has 0 aliphatic carbocycles. The Labute approximate surface area is 184 Å². The zero-order valence-electron chi connectivity index (χ0n) is 18.3. The number of amides is 1. The summed E-state index contributed by atoms with van der Waals surface area (Å²) >= 11 is 0. The lowest BCUT2D eigenvalue weighted by Gasteiger charge is -2.21. The minimum absolute atomic E-state index is 0.0764. The van der Waals surface area contributed by atoms with E-state index in [1.54, 1.807) is 18.2 Å². The van der Waals surface area contributed by atoms with Gasteiger partial charge in [0.05, 0.1) is 16.6 Å². The molecule has 0 heterocycles. The summed E-state index contributed by atoms with van der Waals surface area (Å²) < 4.78 is 27.5. The molecule has 0 aliphatic heterocycles. The molecule has 1 atom stereocenters. The highest BCUT2D eigenvalue weighted by Crippen LogP contribution is 2.24. The monoisotopic (exact) mass is 436 g/mol. The van der Waals surface area contributed by atoms with Crippen LogP contribution >= 0.6 is 0 Å². The molecule has 0 bridgehead atoms. The molecule has 162 valence electrons. The summed E-state index contributed by atoms with van der Waals surface area (Å²) in [5, 5.41) is 3.02. The number of hydrogen-bond donors (Lipinski definition) is 1. The van der Waals surface area contributed by atoms with Gasteiger partial charge in [0.25, 0.3) is 15.9 Å². The smallest absolute Gasteiger partial charge is 0.264 e. The average molecular weight is 437 g/mol. The van der Waals surface area contributed by atoms with E-state index in [-0.39, 0.29) is 16.8 Å². The van der Waals surface area contributed by atoms with Crippen molar-refractivity contribution in [3.63, 3.8) is 0 Å². The summed E-state index contributed by atoms with van der Waals surface area (Å²) in [4.78, 5) is 13.0. The molecule has 0 unspecified atom stereocenters. The number of rotatable bonds is 7. The lowest BCUT2D eigenvalue weighted by atomic mass is 10.0. The molecule has 0 aromatic heterocycles. The van der Waals surface area contributed by atoms with E-state index in [4.69, 9.17) is 0 Å². The zero-order chi connectivity index (χ0) is 22.6. The van der Waals surface area contributed by atoms with Gasteiger partial charge in [0, 0.05) is 12.6 Å². The van der Waals surface area contributed by atoms with E-state index in [2.05, 4.69) is 5.32 Å². The van der Waals surface area contributed by atoms with Crippen molar-refractivity contribution in [2.24, 2.45) is 0 Å². The van der Waals surface area contributed by atoms with Crippen molar-refractivity contribution in [3.8, 4) is 0 Å². The highest BCUT2D eigenvalue weighted by atomic mass is 32.2. The molecule has 0 saturated carbocycles. The van der Waals surface area contributed by atoms with Crippen LogP contribution in [0, 0.1) is 13.8 Å². The predicted molar refractivity (Wildman–Crippen MR) is 125 cm³/mol. The van der Waals surface area contributed by atoms with Crippen molar-refractivity contribution in [2.75, 3.05) is 11.4 Å². The van der Waals surface area contributed by atoms with Crippen LogP contribution < -0.4 is 9.62 Å². The first kappa shape index (κ1) is 22.6. The fourth-order valence-electron chi connectivity index (χ4n) is 3.38. The van der Waals surface area contributed by atoms with Gasteiger partial charge in [0.1, 0.15) is 0 Å². The zero-order valence-corrected chi connectivity index (χ0v) is 19.1. The van der Waals surface area contributed by atoms with E-state index in [0.29, 0.717) is 11.3 Å². The molecule has 0 fully saturated rings. The maximum absolute atomic E-state index is 13.1. The number of anilines is 1. The molecule has 3 aromatic rings. The Balaban J connectivity index is 1.84. The van der Waals surface area contributed by atoms with Crippen LogP contribution in [0.3, 0.4) is 0 Å². The molecule has 3 rings (SSSR count). The van der Waals surface area contributed by atoms with Gasteiger partial charge in [-0.3, -0.25) is 9.10 Å². The molecular weight excluding hydrogens is 408 g/mol. The van der Waals surface area contributed by atoms with Crippen LogP contribution in [0.15, 0.2) is 77.7 Å². The fourth-order valence-corrected chi connectivity index (χ4v) is 4.61. The SMILES string of the molecule is CC[C@@H](NC(=O)c1cccc(S(=O)(=O)N(C)c2cccc(C)c2)c1)c1ccc(C)cc1. The van der Waals surface area contributed by atoms with E-state index in [1.807, 2.05) is 63.2 Å². The molecule has 1 amide bonds. The van der Waals surface area contributed by atoms with E-state index in [0.717, 1.165) is 23.1 Å². The van der Waals surface area contributed by atoms with Crippen molar-refractivity contribution in [1.29, 1.82) is 0 Å². The maximum atomic E-state index is 13.1. The maximum Gasteiger partial charge on any atom is 0.264 e. The number of sulfonamides is 1.